The van der Waals surface area contributed by atoms with Crippen molar-refractivity contribution in [2.75, 3.05) is 0 Å². The molecule has 3 heteroatoms. The van der Waals surface area contributed by atoms with E-state index in [1.165, 1.54) is 12.0 Å². The molecule has 0 bridgehead atoms. The number of benzene rings is 1. The molecule has 0 amide bonds. The molecule has 1 aromatic carbocycles. The van der Waals surface area contributed by atoms with Gasteiger partial charge in [-0.25, -0.2) is 0 Å². The first kappa shape index (κ1) is 20.0. The van der Waals surface area contributed by atoms with E-state index in [0.29, 0.717) is 5.41 Å². The fraction of sp³-hybridized carbons (Fsp3) is 0.455. The second kappa shape index (κ2) is 8.84. The standard InChI is InChI=1S/C11H16.2ClH.Mg/c1-4-11(2,3)10-8-6-5-7-9-10;;;/h5-9H,4H2,1-3H3;2*1H;/q;;;+2/p-2. The molecule has 1 rings (SSSR count). The molecule has 0 nitrogen and oxygen atoms in total. The van der Waals surface area contributed by atoms with E-state index < -0.39 is 0 Å². The molecular weight excluding hydrogens is 227 g/mol. The van der Waals surface area contributed by atoms with Crippen LogP contribution in [0.2, 0.25) is 0 Å². The molecule has 0 aromatic heterocycles. The maximum absolute atomic E-state index is 2.28. The number of halogens is 2. The van der Waals surface area contributed by atoms with Crippen LogP contribution in [0.25, 0.3) is 0 Å². The SMILES string of the molecule is CCC(C)(C)c1ccccc1.[Cl-].[Cl-].[Mg+2]. The average molecular weight is 243 g/mol. The Hall–Kier alpha value is 0.566. The molecule has 0 aliphatic heterocycles. The predicted octanol–water partition coefficient (Wildman–Crippen LogP) is -3.00. The van der Waals surface area contributed by atoms with Crippen molar-refractivity contribution < 1.29 is 24.8 Å². The van der Waals surface area contributed by atoms with Gasteiger partial charge in [-0.2, -0.15) is 0 Å². The van der Waals surface area contributed by atoms with Gasteiger partial charge < -0.3 is 24.8 Å². The topological polar surface area (TPSA) is 0 Å². The third-order valence-electron chi connectivity index (χ3n) is 2.44. The van der Waals surface area contributed by atoms with Crippen molar-refractivity contribution >= 4 is 23.1 Å². The van der Waals surface area contributed by atoms with E-state index in [4.69, 9.17) is 0 Å². The van der Waals surface area contributed by atoms with Crippen LogP contribution in [0.3, 0.4) is 0 Å². The number of rotatable bonds is 2. The van der Waals surface area contributed by atoms with Crippen molar-refractivity contribution in [3.8, 4) is 0 Å². The van der Waals surface area contributed by atoms with Crippen LogP contribution in [0.15, 0.2) is 30.3 Å². The zero-order chi connectivity index (χ0) is 8.32. The first-order chi connectivity index (χ1) is 5.17. The third-order valence-corrected chi connectivity index (χ3v) is 2.44. The molecule has 0 aliphatic rings. The van der Waals surface area contributed by atoms with Gasteiger partial charge in [-0.1, -0.05) is 51.1 Å². The summed E-state index contributed by atoms with van der Waals surface area (Å²) in [5.41, 5.74) is 1.77. The second-order valence-corrected chi connectivity index (χ2v) is 3.60. The van der Waals surface area contributed by atoms with Crippen LogP contribution in [0.1, 0.15) is 32.8 Å². The molecule has 0 radical (unpaired) electrons. The molecule has 0 saturated heterocycles. The number of hydrogen-bond donors (Lipinski definition) is 0. The number of hydrogen-bond acceptors (Lipinski definition) is 0. The van der Waals surface area contributed by atoms with Crippen LogP contribution in [0, 0.1) is 0 Å². The Bertz CT molecular complexity index is 222. The zero-order valence-electron chi connectivity index (χ0n) is 9.06. The van der Waals surface area contributed by atoms with E-state index in [1.54, 1.807) is 0 Å². The fourth-order valence-corrected chi connectivity index (χ4v) is 1.09. The molecule has 0 aliphatic carbocycles. The normalized spacial score (nSPS) is 9.07. The maximum Gasteiger partial charge on any atom is 2.00 e. The van der Waals surface area contributed by atoms with Gasteiger partial charge in [-0.05, 0) is 17.4 Å². The molecule has 0 heterocycles. The molecule has 0 saturated carbocycles. The van der Waals surface area contributed by atoms with Crippen molar-refractivity contribution in [2.45, 2.75) is 32.6 Å². The fourth-order valence-electron chi connectivity index (χ4n) is 1.09. The van der Waals surface area contributed by atoms with Crippen LogP contribution < -0.4 is 24.8 Å². The van der Waals surface area contributed by atoms with Crippen molar-refractivity contribution in [3.63, 3.8) is 0 Å². The van der Waals surface area contributed by atoms with Gasteiger partial charge in [0.15, 0.2) is 0 Å². The van der Waals surface area contributed by atoms with Crippen LogP contribution >= 0.6 is 0 Å². The first-order valence-corrected chi connectivity index (χ1v) is 4.22. The Labute approximate surface area is 116 Å². The van der Waals surface area contributed by atoms with Gasteiger partial charge in [0, 0.05) is 0 Å². The minimum absolute atomic E-state index is 0. The Morgan fingerprint density at radius 2 is 1.43 bits per heavy atom. The Morgan fingerprint density at radius 3 is 1.79 bits per heavy atom. The predicted molar refractivity (Wildman–Crippen MR) is 55.5 cm³/mol. The van der Waals surface area contributed by atoms with E-state index >= 15 is 0 Å². The van der Waals surface area contributed by atoms with Crippen LogP contribution in [-0.2, 0) is 5.41 Å². The summed E-state index contributed by atoms with van der Waals surface area (Å²) in [4.78, 5) is 0. The Morgan fingerprint density at radius 1 is 1.00 bits per heavy atom. The minimum atomic E-state index is 0. The monoisotopic (exact) mass is 242 g/mol. The summed E-state index contributed by atoms with van der Waals surface area (Å²) in [5, 5.41) is 0. The van der Waals surface area contributed by atoms with Gasteiger partial charge in [0.2, 0.25) is 0 Å². The molecule has 0 spiro atoms. The van der Waals surface area contributed by atoms with Gasteiger partial charge in [0.05, 0.1) is 0 Å². The Kier molecular flexibility index (Phi) is 12.7. The summed E-state index contributed by atoms with van der Waals surface area (Å²) in [7, 11) is 0. The van der Waals surface area contributed by atoms with Gasteiger partial charge in [0.25, 0.3) is 0 Å². The van der Waals surface area contributed by atoms with E-state index in [9.17, 15) is 0 Å². The van der Waals surface area contributed by atoms with E-state index in [2.05, 4.69) is 51.1 Å². The van der Waals surface area contributed by atoms with Crippen LogP contribution in [-0.4, -0.2) is 23.1 Å². The summed E-state index contributed by atoms with van der Waals surface area (Å²) < 4.78 is 0. The molecule has 0 N–H and O–H groups in total. The summed E-state index contributed by atoms with van der Waals surface area (Å²) in [6.07, 6.45) is 1.19. The molecule has 0 unspecified atom stereocenters. The molecular formula is C11H16Cl2Mg. The van der Waals surface area contributed by atoms with E-state index in [0.717, 1.165) is 0 Å². The van der Waals surface area contributed by atoms with Gasteiger partial charge >= 0.3 is 23.1 Å². The van der Waals surface area contributed by atoms with Gasteiger partial charge in [-0.15, -0.1) is 0 Å². The van der Waals surface area contributed by atoms with Crippen molar-refractivity contribution in [1.82, 2.24) is 0 Å². The summed E-state index contributed by atoms with van der Waals surface area (Å²) in [6, 6.07) is 10.7. The molecule has 14 heavy (non-hydrogen) atoms. The quantitative estimate of drug-likeness (QED) is 0.486. The van der Waals surface area contributed by atoms with Gasteiger partial charge in [-0.3, -0.25) is 0 Å². The molecule has 1 aromatic rings. The minimum Gasteiger partial charge on any atom is -1.00 e. The van der Waals surface area contributed by atoms with Crippen LogP contribution in [0.5, 0.6) is 0 Å². The van der Waals surface area contributed by atoms with Crippen molar-refractivity contribution in [2.24, 2.45) is 0 Å². The molecule has 76 valence electrons. The van der Waals surface area contributed by atoms with Crippen molar-refractivity contribution in [3.05, 3.63) is 35.9 Å². The summed E-state index contributed by atoms with van der Waals surface area (Å²) >= 11 is 0. The maximum atomic E-state index is 2.28. The van der Waals surface area contributed by atoms with E-state index in [-0.39, 0.29) is 47.9 Å². The van der Waals surface area contributed by atoms with Crippen LogP contribution in [0.4, 0.5) is 0 Å². The summed E-state index contributed by atoms with van der Waals surface area (Å²) in [5.74, 6) is 0. The smallest absolute Gasteiger partial charge is 1.00 e. The van der Waals surface area contributed by atoms with Crippen molar-refractivity contribution in [1.29, 1.82) is 0 Å². The second-order valence-electron chi connectivity index (χ2n) is 3.60. The zero-order valence-corrected chi connectivity index (χ0v) is 12.0. The third kappa shape index (κ3) is 5.45. The first-order valence-electron chi connectivity index (χ1n) is 4.22. The van der Waals surface area contributed by atoms with E-state index in [1.807, 2.05) is 0 Å². The largest absolute Gasteiger partial charge is 2.00 e. The van der Waals surface area contributed by atoms with Gasteiger partial charge in [0.1, 0.15) is 0 Å². The average Bonchev–Trinajstić information content (AvgIpc) is 2.06. The molecule has 0 atom stereocenters. The Balaban J connectivity index is -0.000000403. The molecule has 0 fully saturated rings. The summed E-state index contributed by atoms with van der Waals surface area (Å²) in [6.45, 7) is 6.79.